The summed E-state index contributed by atoms with van der Waals surface area (Å²) in [5.74, 6) is 0.284. The third kappa shape index (κ3) is 2.33. The summed E-state index contributed by atoms with van der Waals surface area (Å²) < 4.78 is 0. The Morgan fingerprint density at radius 3 is 2.80 bits per heavy atom. The topological polar surface area (TPSA) is 85.4 Å². The summed E-state index contributed by atoms with van der Waals surface area (Å²) in [4.78, 5) is 17.8. The summed E-state index contributed by atoms with van der Waals surface area (Å²) in [6.07, 6.45) is 5.08. The molecule has 0 bridgehead atoms. The maximum Gasteiger partial charge on any atom is 0.214 e. The van der Waals surface area contributed by atoms with Gasteiger partial charge in [-0.2, -0.15) is 0 Å². The lowest BCUT2D eigenvalue weighted by Gasteiger charge is -2.30. The summed E-state index contributed by atoms with van der Waals surface area (Å²) >= 11 is 0. The smallest absolute Gasteiger partial charge is 0.214 e. The maximum absolute atomic E-state index is 5.69. The first kappa shape index (κ1) is 12.6. The van der Waals surface area contributed by atoms with Gasteiger partial charge in [0.25, 0.3) is 0 Å². The van der Waals surface area contributed by atoms with Crippen LogP contribution in [0.2, 0.25) is 0 Å². The molecule has 0 fully saturated rings. The second-order valence-corrected chi connectivity index (χ2v) is 4.87. The van der Waals surface area contributed by atoms with Crippen molar-refractivity contribution in [1.29, 1.82) is 0 Å². The molecule has 20 heavy (non-hydrogen) atoms. The van der Waals surface area contributed by atoms with E-state index in [0.29, 0.717) is 6.61 Å². The second-order valence-electron chi connectivity index (χ2n) is 4.87. The molecule has 0 saturated heterocycles. The van der Waals surface area contributed by atoms with Crippen molar-refractivity contribution < 1.29 is 4.84 Å². The normalized spacial score (nSPS) is 21.9. The van der Waals surface area contributed by atoms with Gasteiger partial charge in [-0.25, -0.2) is 20.4 Å². The van der Waals surface area contributed by atoms with E-state index < -0.39 is 5.54 Å². The van der Waals surface area contributed by atoms with Gasteiger partial charge in [0.1, 0.15) is 18.5 Å². The predicted octanol–water partition coefficient (Wildman–Crippen LogP) is 1.21. The minimum Gasteiger partial charge on any atom is -0.368 e. The summed E-state index contributed by atoms with van der Waals surface area (Å²) in [5, 5.41) is 0. The first-order valence-corrected chi connectivity index (χ1v) is 6.26. The summed E-state index contributed by atoms with van der Waals surface area (Å²) in [7, 11) is 0. The van der Waals surface area contributed by atoms with E-state index in [-0.39, 0.29) is 5.96 Å². The summed E-state index contributed by atoms with van der Waals surface area (Å²) in [6.45, 7) is 2.41. The van der Waals surface area contributed by atoms with E-state index >= 15 is 0 Å². The quantitative estimate of drug-likeness (QED) is 0.856. The largest absolute Gasteiger partial charge is 0.368 e. The van der Waals surface area contributed by atoms with Gasteiger partial charge in [-0.15, -0.1) is 0 Å². The molecule has 3 N–H and O–H groups in total. The van der Waals surface area contributed by atoms with Crippen LogP contribution in [-0.4, -0.2) is 22.5 Å². The number of aromatic nitrogens is 2. The fourth-order valence-corrected chi connectivity index (χ4v) is 2.20. The fraction of sp³-hybridized carbons (Fsp3) is 0.214. The van der Waals surface area contributed by atoms with Crippen molar-refractivity contribution in [2.75, 3.05) is 6.61 Å². The standard InChI is InChI=1S/C14H15N5O/c1-14(8-20-19-13(15)18-14)12-4-2-3-10(5-12)11-6-16-9-17-7-11/h2-7,9H,8H2,1H3,(H3,15,18,19). The number of nitrogens with two attached hydrogens (primary N) is 1. The molecule has 6 nitrogen and oxygen atoms in total. The van der Waals surface area contributed by atoms with Crippen LogP contribution < -0.4 is 11.2 Å². The maximum atomic E-state index is 5.69. The number of benzene rings is 1. The number of aliphatic imine (C=N–C) groups is 1. The number of hydroxylamine groups is 1. The molecule has 0 amide bonds. The van der Waals surface area contributed by atoms with E-state index in [4.69, 9.17) is 10.6 Å². The Labute approximate surface area is 116 Å². The van der Waals surface area contributed by atoms with Gasteiger partial charge in [0, 0.05) is 18.0 Å². The Balaban J connectivity index is 2.02. The number of nitrogens with zero attached hydrogens (tertiary/aromatic N) is 3. The van der Waals surface area contributed by atoms with Crippen molar-refractivity contribution in [2.45, 2.75) is 12.5 Å². The van der Waals surface area contributed by atoms with Crippen LogP contribution in [0.1, 0.15) is 12.5 Å². The van der Waals surface area contributed by atoms with Crippen LogP contribution in [0.3, 0.4) is 0 Å². The molecular weight excluding hydrogens is 254 g/mol. The second kappa shape index (κ2) is 4.90. The average Bonchev–Trinajstić information content (AvgIpc) is 2.48. The van der Waals surface area contributed by atoms with Crippen molar-refractivity contribution in [3.63, 3.8) is 0 Å². The van der Waals surface area contributed by atoms with Crippen LogP contribution in [0, 0.1) is 0 Å². The molecule has 1 atom stereocenters. The number of nitrogens with one attached hydrogen (secondary N) is 1. The fourth-order valence-electron chi connectivity index (χ4n) is 2.20. The molecule has 1 aliphatic rings. The molecule has 0 aliphatic carbocycles. The van der Waals surface area contributed by atoms with Gasteiger partial charge in [-0.3, -0.25) is 4.84 Å². The summed E-state index contributed by atoms with van der Waals surface area (Å²) in [5.41, 5.74) is 10.8. The Morgan fingerprint density at radius 1 is 1.25 bits per heavy atom. The Hall–Kier alpha value is -2.47. The van der Waals surface area contributed by atoms with Crippen molar-refractivity contribution in [3.05, 3.63) is 48.5 Å². The Kier molecular flexibility index (Phi) is 3.08. The van der Waals surface area contributed by atoms with Gasteiger partial charge >= 0.3 is 0 Å². The Bertz CT molecular complexity index is 643. The lowest BCUT2D eigenvalue weighted by atomic mass is 9.91. The highest BCUT2D eigenvalue weighted by molar-refractivity contribution is 5.78. The van der Waals surface area contributed by atoms with Gasteiger partial charge in [-0.05, 0) is 24.1 Å². The van der Waals surface area contributed by atoms with Crippen LogP contribution in [0.4, 0.5) is 0 Å². The number of hydrogen-bond acceptors (Lipinski definition) is 6. The van der Waals surface area contributed by atoms with Crippen LogP contribution in [0.5, 0.6) is 0 Å². The molecule has 1 unspecified atom stereocenters. The molecule has 1 aliphatic heterocycles. The third-order valence-electron chi connectivity index (χ3n) is 3.28. The highest BCUT2D eigenvalue weighted by Crippen LogP contribution is 2.30. The lowest BCUT2D eigenvalue weighted by Crippen LogP contribution is -2.44. The van der Waals surface area contributed by atoms with E-state index in [2.05, 4.69) is 26.5 Å². The van der Waals surface area contributed by atoms with Gasteiger partial charge in [0.05, 0.1) is 0 Å². The molecule has 2 heterocycles. The monoisotopic (exact) mass is 269 g/mol. The first-order chi connectivity index (χ1) is 9.67. The van der Waals surface area contributed by atoms with Crippen LogP contribution in [0.15, 0.2) is 48.0 Å². The van der Waals surface area contributed by atoms with Crippen molar-refractivity contribution >= 4 is 5.96 Å². The van der Waals surface area contributed by atoms with E-state index in [1.54, 1.807) is 12.4 Å². The first-order valence-electron chi connectivity index (χ1n) is 6.26. The zero-order valence-corrected chi connectivity index (χ0v) is 11.1. The number of hydrogen-bond donors (Lipinski definition) is 2. The molecule has 0 spiro atoms. The molecule has 0 saturated carbocycles. The summed E-state index contributed by atoms with van der Waals surface area (Å²) in [6, 6.07) is 8.07. The van der Waals surface area contributed by atoms with Gasteiger partial charge in [0.15, 0.2) is 0 Å². The third-order valence-corrected chi connectivity index (χ3v) is 3.28. The SMILES string of the molecule is CC1(c2cccc(-c3cncnc3)c2)CONC(N)=N1. The minimum absolute atomic E-state index is 0.284. The molecular formula is C14H15N5O. The zero-order valence-electron chi connectivity index (χ0n) is 11.1. The molecule has 102 valence electrons. The molecule has 3 rings (SSSR count). The number of guanidine groups is 1. The molecule has 2 aromatic rings. The minimum atomic E-state index is -0.499. The van der Waals surface area contributed by atoms with Crippen LogP contribution in [0.25, 0.3) is 11.1 Å². The number of rotatable bonds is 2. The van der Waals surface area contributed by atoms with Crippen LogP contribution in [-0.2, 0) is 10.4 Å². The van der Waals surface area contributed by atoms with Gasteiger partial charge in [-0.1, -0.05) is 18.2 Å². The van der Waals surface area contributed by atoms with E-state index in [1.165, 1.54) is 6.33 Å². The van der Waals surface area contributed by atoms with E-state index in [1.807, 2.05) is 25.1 Å². The average molecular weight is 269 g/mol. The predicted molar refractivity (Wildman–Crippen MR) is 75.5 cm³/mol. The molecule has 0 radical (unpaired) electrons. The van der Waals surface area contributed by atoms with Gasteiger partial charge < -0.3 is 5.73 Å². The van der Waals surface area contributed by atoms with E-state index in [0.717, 1.165) is 16.7 Å². The highest BCUT2D eigenvalue weighted by atomic mass is 16.6. The lowest BCUT2D eigenvalue weighted by molar-refractivity contribution is 0.0326. The molecule has 1 aromatic heterocycles. The highest BCUT2D eigenvalue weighted by Gasteiger charge is 2.30. The molecule has 6 heteroatoms. The van der Waals surface area contributed by atoms with Crippen molar-refractivity contribution in [3.8, 4) is 11.1 Å². The van der Waals surface area contributed by atoms with Gasteiger partial charge in [0.2, 0.25) is 5.96 Å². The van der Waals surface area contributed by atoms with Crippen molar-refractivity contribution in [1.82, 2.24) is 15.4 Å². The molecule has 1 aromatic carbocycles. The Morgan fingerprint density at radius 2 is 2.05 bits per heavy atom. The van der Waals surface area contributed by atoms with E-state index in [9.17, 15) is 0 Å². The van der Waals surface area contributed by atoms with Crippen LogP contribution >= 0.6 is 0 Å². The zero-order chi connectivity index (χ0) is 14.0. The van der Waals surface area contributed by atoms with Crippen molar-refractivity contribution in [2.24, 2.45) is 10.7 Å².